The summed E-state index contributed by atoms with van der Waals surface area (Å²) in [6.07, 6.45) is 3.08. The van der Waals surface area contributed by atoms with Gasteiger partial charge in [-0.3, -0.25) is 4.79 Å². The molecule has 0 saturated heterocycles. The monoisotopic (exact) mass is 255 g/mol. The summed E-state index contributed by atoms with van der Waals surface area (Å²) in [5.41, 5.74) is 1.65. The van der Waals surface area contributed by atoms with E-state index in [1.54, 1.807) is 0 Å². The first-order chi connectivity index (χ1) is 6.69. The van der Waals surface area contributed by atoms with E-state index in [-0.39, 0.29) is 0 Å². The average molecular weight is 256 g/mol. The van der Waals surface area contributed by atoms with Crippen molar-refractivity contribution < 1.29 is 4.79 Å². The molecule has 0 spiro atoms. The van der Waals surface area contributed by atoms with Crippen LogP contribution in [0.15, 0.2) is 16.7 Å². The number of halogens is 1. The van der Waals surface area contributed by atoms with E-state index in [1.807, 2.05) is 12.1 Å². The Labute approximate surface area is 92.9 Å². The van der Waals surface area contributed by atoms with Crippen LogP contribution in [0.1, 0.15) is 48.7 Å². The molecule has 14 heavy (non-hydrogen) atoms. The molecule has 0 radical (unpaired) electrons. The number of carbonyl (C=O) groups is 1. The van der Waals surface area contributed by atoms with Gasteiger partial charge in [0.1, 0.15) is 4.60 Å². The van der Waals surface area contributed by atoms with Gasteiger partial charge in [-0.1, -0.05) is 20.3 Å². The lowest BCUT2D eigenvalue weighted by Crippen LogP contribution is -1.98. The SMILES string of the molecule is CCCC(C)c1ccc(C=O)c(Br)n1. The number of aldehydes is 1. The Morgan fingerprint density at radius 2 is 2.29 bits per heavy atom. The topological polar surface area (TPSA) is 30.0 Å². The van der Waals surface area contributed by atoms with Gasteiger partial charge in [-0.15, -0.1) is 0 Å². The van der Waals surface area contributed by atoms with Gasteiger partial charge in [0.05, 0.1) is 0 Å². The van der Waals surface area contributed by atoms with Gasteiger partial charge in [-0.2, -0.15) is 0 Å². The summed E-state index contributed by atoms with van der Waals surface area (Å²) < 4.78 is 0.646. The lowest BCUT2D eigenvalue weighted by Gasteiger charge is -2.09. The zero-order chi connectivity index (χ0) is 10.6. The van der Waals surface area contributed by atoms with Crippen molar-refractivity contribution in [3.05, 3.63) is 28.0 Å². The van der Waals surface area contributed by atoms with Crippen LogP contribution < -0.4 is 0 Å². The summed E-state index contributed by atoms with van der Waals surface area (Å²) in [5, 5.41) is 0. The standard InChI is InChI=1S/C11H14BrNO/c1-3-4-8(2)10-6-5-9(7-14)11(12)13-10/h5-8H,3-4H2,1-2H3. The minimum atomic E-state index is 0.456. The summed E-state index contributed by atoms with van der Waals surface area (Å²) in [6, 6.07) is 3.74. The maximum atomic E-state index is 10.6. The number of hydrogen-bond donors (Lipinski definition) is 0. The number of rotatable bonds is 4. The average Bonchev–Trinajstić information content (AvgIpc) is 2.18. The van der Waals surface area contributed by atoms with Gasteiger partial charge in [-0.05, 0) is 40.4 Å². The van der Waals surface area contributed by atoms with Crippen LogP contribution >= 0.6 is 15.9 Å². The highest BCUT2D eigenvalue weighted by Gasteiger charge is 2.08. The number of pyridine rings is 1. The Balaban J connectivity index is 2.90. The summed E-state index contributed by atoms with van der Waals surface area (Å²) in [7, 11) is 0. The van der Waals surface area contributed by atoms with Crippen molar-refractivity contribution in [3.63, 3.8) is 0 Å². The molecule has 0 aliphatic rings. The third-order valence-electron chi connectivity index (χ3n) is 2.25. The van der Waals surface area contributed by atoms with Gasteiger partial charge in [-0.25, -0.2) is 4.98 Å². The number of aromatic nitrogens is 1. The van der Waals surface area contributed by atoms with Crippen LogP contribution in [-0.4, -0.2) is 11.3 Å². The predicted octanol–water partition coefficient (Wildman–Crippen LogP) is 3.56. The molecular formula is C11H14BrNO. The smallest absolute Gasteiger partial charge is 0.152 e. The molecule has 0 saturated carbocycles. The second-order valence-electron chi connectivity index (χ2n) is 3.42. The molecule has 0 aromatic carbocycles. The first-order valence-corrected chi connectivity index (χ1v) is 5.60. The second-order valence-corrected chi connectivity index (χ2v) is 4.17. The Kier molecular flexibility index (Phi) is 4.26. The molecule has 76 valence electrons. The lowest BCUT2D eigenvalue weighted by molar-refractivity contribution is 0.112. The number of carbonyl (C=O) groups excluding carboxylic acids is 1. The number of nitrogens with zero attached hydrogens (tertiary/aromatic N) is 1. The Morgan fingerprint density at radius 1 is 1.57 bits per heavy atom. The molecule has 0 aliphatic carbocycles. The Morgan fingerprint density at radius 3 is 2.79 bits per heavy atom. The first kappa shape index (κ1) is 11.4. The quantitative estimate of drug-likeness (QED) is 0.609. The molecule has 1 aromatic rings. The van der Waals surface area contributed by atoms with Crippen molar-refractivity contribution in [1.82, 2.24) is 4.98 Å². The van der Waals surface area contributed by atoms with E-state index in [9.17, 15) is 4.79 Å². The lowest BCUT2D eigenvalue weighted by atomic mass is 10.0. The highest BCUT2D eigenvalue weighted by atomic mass is 79.9. The maximum absolute atomic E-state index is 10.6. The largest absolute Gasteiger partial charge is 0.298 e. The van der Waals surface area contributed by atoms with E-state index in [4.69, 9.17) is 0 Å². The minimum Gasteiger partial charge on any atom is -0.298 e. The van der Waals surface area contributed by atoms with Crippen molar-refractivity contribution >= 4 is 22.2 Å². The fraction of sp³-hybridized carbons (Fsp3) is 0.455. The van der Waals surface area contributed by atoms with Gasteiger partial charge < -0.3 is 0 Å². The summed E-state index contributed by atoms with van der Waals surface area (Å²) in [5.74, 6) is 0.456. The molecule has 1 aromatic heterocycles. The Bertz CT molecular complexity index is 325. The molecule has 0 bridgehead atoms. The van der Waals surface area contributed by atoms with Gasteiger partial charge in [0.2, 0.25) is 0 Å². The minimum absolute atomic E-state index is 0.456. The Hall–Kier alpha value is -0.700. The van der Waals surface area contributed by atoms with E-state index in [0.29, 0.717) is 16.1 Å². The van der Waals surface area contributed by atoms with Crippen molar-refractivity contribution in [2.75, 3.05) is 0 Å². The summed E-state index contributed by atoms with van der Waals surface area (Å²) >= 11 is 3.28. The van der Waals surface area contributed by atoms with Crippen LogP contribution in [0.2, 0.25) is 0 Å². The van der Waals surface area contributed by atoms with Crippen molar-refractivity contribution in [3.8, 4) is 0 Å². The van der Waals surface area contributed by atoms with E-state index >= 15 is 0 Å². The summed E-state index contributed by atoms with van der Waals surface area (Å²) in [4.78, 5) is 14.9. The third-order valence-corrected chi connectivity index (χ3v) is 2.89. The molecule has 0 fully saturated rings. The molecule has 1 atom stereocenters. The van der Waals surface area contributed by atoms with Crippen LogP contribution in [0.4, 0.5) is 0 Å². The zero-order valence-electron chi connectivity index (χ0n) is 8.46. The second kappa shape index (κ2) is 5.25. The zero-order valence-corrected chi connectivity index (χ0v) is 10.0. The highest BCUT2D eigenvalue weighted by molar-refractivity contribution is 9.10. The van der Waals surface area contributed by atoms with Crippen LogP contribution in [0.25, 0.3) is 0 Å². The molecule has 0 N–H and O–H groups in total. The van der Waals surface area contributed by atoms with Crippen molar-refractivity contribution in [2.24, 2.45) is 0 Å². The molecule has 1 rings (SSSR count). The fourth-order valence-electron chi connectivity index (χ4n) is 1.40. The maximum Gasteiger partial charge on any atom is 0.152 e. The van der Waals surface area contributed by atoms with Crippen LogP contribution in [0.3, 0.4) is 0 Å². The third kappa shape index (κ3) is 2.64. The van der Waals surface area contributed by atoms with Crippen molar-refractivity contribution in [2.45, 2.75) is 32.6 Å². The molecule has 0 aliphatic heterocycles. The van der Waals surface area contributed by atoms with Gasteiger partial charge >= 0.3 is 0 Å². The van der Waals surface area contributed by atoms with E-state index in [1.165, 1.54) is 0 Å². The highest BCUT2D eigenvalue weighted by Crippen LogP contribution is 2.21. The van der Waals surface area contributed by atoms with Crippen LogP contribution in [0.5, 0.6) is 0 Å². The summed E-state index contributed by atoms with van der Waals surface area (Å²) in [6.45, 7) is 4.31. The fourth-order valence-corrected chi connectivity index (χ4v) is 1.83. The molecule has 3 heteroatoms. The predicted molar refractivity (Wildman–Crippen MR) is 60.6 cm³/mol. The van der Waals surface area contributed by atoms with Gasteiger partial charge in [0.25, 0.3) is 0 Å². The first-order valence-electron chi connectivity index (χ1n) is 4.80. The normalized spacial score (nSPS) is 12.5. The van der Waals surface area contributed by atoms with E-state index < -0.39 is 0 Å². The van der Waals surface area contributed by atoms with Crippen LogP contribution in [0, 0.1) is 0 Å². The molecule has 1 heterocycles. The molecular weight excluding hydrogens is 242 g/mol. The molecule has 2 nitrogen and oxygen atoms in total. The van der Waals surface area contributed by atoms with E-state index in [2.05, 4.69) is 34.8 Å². The molecule has 1 unspecified atom stereocenters. The van der Waals surface area contributed by atoms with Crippen molar-refractivity contribution in [1.29, 1.82) is 0 Å². The number of hydrogen-bond acceptors (Lipinski definition) is 2. The van der Waals surface area contributed by atoms with Gasteiger partial charge in [0.15, 0.2) is 6.29 Å². The molecule has 0 amide bonds. The van der Waals surface area contributed by atoms with E-state index in [0.717, 1.165) is 24.8 Å². The van der Waals surface area contributed by atoms with Gasteiger partial charge in [0, 0.05) is 11.3 Å². The van der Waals surface area contributed by atoms with Crippen LogP contribution in [-0.2, 0) is 0 Å².